The van der Waals surface area contributed by atoms with Crippen LogP contribution in [0.1, 0.15) is 73.5 Å². The molecule has 0 amide bonds. The molecule has 0 aromatic heterocycles. The Morgan fingerprint density at radius 1 is 0.452 bits per heavy atom. The fourth-order valence-electron chi connectivity index (χ4n) is 5.92. The van der Waals surface area contributed by atoms with Crippen molar-refractivity contribution in [1.82, 2.24) is 0 Å². The summed E-state index contributed by atoms with van der Waals surface area (Å²) in [5.74, 6) is -0.0591. The van der Waals surface area contributed by atoms with Crippen molar-refractivity contribution in [3.8, 4) is 0 Å². The van der Waals surface area contributed by atoms with E-state index in [4.69, 9.17) is 0 Å². The number of fused-ring (bicyclic) bond motifs is 4. The molecule has 0 N–H and O–H groups in total. The first-order valence-corrected chi connectivity index (χ1v) is 10.8. The van der Waals surface area contributed by atoms with Crippen LogP contribution in [-0.4, -0.2) is 23.1 Å². The van der Waals surface area contributed by atoms with Crippen molar-refractivity contribution in [3.63, 3.8) is 0 Å². The molecule has 4 aliphatic carbocycles. The van der Waals surface area contributed by atoms with Crippen LogP contribution < -0.4 is 0 Å². The van der Waals surface area contributed by atoms with E-state index in [-0.39, 0.29) is 35.0 Å². The Kier molecular flexibility index (Phi) is 3.88. The third kappa shape index (κ3) is 2.61. The van der Waals surface area contributed by atoms with Crippen molar-refractivity contribution >= 4 is 23.1 Å². The lowest BCUT2D eigenvalue weighted by molar-refractivity contribution is 0.0961. The van der Waals surface area contributed by atoms with Crippen molar-refractivity contribution in [2.24, 2.45) is 11.8 Å². The maximum absolute atomic E-state index is 13.2. The summed E-state index contributed by atoms with van der Waals surface area (Å²) in [6.45, 7) is 0. The van der Waals surface area contributed by atoms with E-state index in [9.17, 15) is 19.2 Å². The van der Waals surface area contributed by atoms with Gasteiger partial charge in [0, 0.05) is 44.5 Å². The SMILES string of the molecule is O=C1C2=C(CC3CC4=C(CC(C2)C3)C(=O)c2ccccc2C4=O)C(=O)c2ccccc21. The van der Waals surface area contributed by atoms with Crippen molar-refractivity contribution in [3.05, 3.63) is 93.1 Å². The molecule has 4 heteroatoms. The van der Waals surface area contributed by atoms with Crippen LogP contribution in [0.2, 0.25) is 0 Å². The maximum atomic E-state index is 13.2. The summed E-state index contributed by atoms with van der Waals surface area (Å²) < 4.78 is 0. The summed E-state index contributed by atoms with van der Waals surface area (Å²) in [6.07, 6.45) is 2.78. The number of benzene rings is 2. The van der Waals surface area contributed by atoms with Crippen LogP contribution in [0.3, 0.4) is 0 Å². The van der Waals surface area contributed by atoms with Crippen LogP contribution in [0.4, 0.5) is 0 Å². The quantitative estimate of drug-likeness (QED) is 0.619. The minimum atomic E-state index is -0.0537. The van der Waals surface area contributed by atoms with Crippen molar-refractivity contribution in [2.45, 2.75) is 32.1 Å². The zero-order chi connectivity index (χ0) is 21.3. The molecule has 0 heterocycles. The fourth-order valence-corrected chi connectivity index (χ4v) is 5.92. The van der Waals surface area contributed by atoms with Gasteiger partial charge in [-0.25, -0.2) is 0 Å². The molecule has 0 fully saturated rings. The first-order valence-electron chi connectivity index (χ1n) is 10.8. The van der Waals surface area contributed by atoms with Crippen molar-refractivity contribution in [2.75, 3.05) is 0 Å². The fraction of sp³-hybridized carbons (Fsp3) is 0.259. The standard InChI is InChI=1S/C27H20O4/c28-24-16-5-1-2-6-17(16)25(29)21-11-15-9-14(10-20(21)24)12-22-23(13-15)27(31)19-8-4-3-7-18(19)26(22)30/h1-8,14-15H,9-13H2. The van der Waals surface area contributed by atoms with Crippen molar-refractivity contribution < 1.29 is 19.2 Å². The van der Waals surface area contributed by atoms with E-state index in [0.717, 1.165) is 6.42 Å². The normalized spacial score (nSPS) is 24.8. The van der Waals surface area contributed by atoms with Gasteiger partial charge in [-0.3, -0.25) is 19.2 Å². The van der Waals surface area contributed by atoms with E-state index >= 15 is 0 Å². The van der Waals surface area contributed by atoms with Gasteiger partial charge < -0.3 is 0 Å². The van der Waals surface area contributed by atoms with Gasteiger partial charge in [0.1, 0.15) is 0 Å². The van der Waals surface area contributed by atoms with E-state index < -0.39 is 0 Å². The smallest absolute Gasteiger partial charge is 0.190 e. The average Bonchev–Trinajstić information content (AvgIpc) is 3.09. The second kappa shape index (κ2) is 6.55. The highest BCUT2D eigenvalue weighted by atomic mass is 16.1. The van der Waals surface area contributed by atoms with Crippen LogP contribution in [0.15, 0.2) is 70.8 Å². The Bertz CT molecular complexity index is 1100. The lowest BCUT2D eigenvalue weighted by Crippen LogP contribution is -2.25. The Balaban J connectivity index is 1.42. The van der Waals surface area contributed by atoms with Gasteiger partial charge in [-0.2, -0.15) is 0 Å². The van der Waals surface area contributed by atoms with Gasteiger partial charge in [0.2, 0.25) is 0 Å². The number of rotatable bonds is 0. The first kappa shape index (κ1) is 18.4. The number of ketones is 4. The lowest BCUT2D eigenvalue weighted by atomic mass is 9.76. The van der Waals surface area contributed by atoms with E-state index in [0.29, 0.717) is 70.2 Å². The predicted molar refractivity (Wildman–Crippen MR) is 114 cm³/mol. The monoisotopic (exact) mass is 408 g/mol. The van der Waals surface area contributed by atoms with Gasteiger partial charge in [-0.05, 0) is 43.9 Å². The molecule has 0 unspecified atom stereocenters. The summed E-state index contributed by atoms with van der Waals surface area (Å²) in [5.41, 5.74) is 4.42. The van der Waals surface area contributed by atoms with E-state index in [1.165, 1.54) is 0 Å². The molecule has 0 saturated heterocycles. The number of carbonyl (C=O) groups excluding carboxylic acids is 4. The molecule has 0 atom stereocenters. The van der Waals surface area contributed by atoms with Gasteiger partial charge in [-0.1, -0.05) is 48.5 Å². The number of Topliss-reactive ketones (excluding diaryl/α,β-unsaturated/α-hetero) is 4. The minimum Gasteiger partial charge on any atom is -0.289 e. The highest BCUT2D eigenvalue weighted by molar-refractivity contribution is 6.28. The number of allylic oxidation sites excluding steroid dienone is 4. The van der Waals surface area contributed by atoms with Gasteiger partial charge in [0.15, 0.2) is 23.1 Å². The lowest BCUT2D eigenvalue weighted by Gasteiger charge is -2.25. The maximum Gasteiger partial charge on any atom is 0.190 e. The Morgan fingerprint density at radius 2 is 0.710 bits per heavy atom. The molecule has 0 spiro atoms. The molecular formula is C27H20O4. The van der Waals surface area contributed by atoms with Gasteiger partial charge in [0.25, 0.3) is 0 Å². The summed E-state index contributed by atoms with van der Waals surface area (Å²) in [7, 11) is 0. The second-order valence-corrected chi connectivity index (χ2v) is 9.11. The third-order valence-corrected chi connectivity index (χ3v) is 7.30. The molecule has 4 aliphatic rings. The predicted octanol–water partition coefficient (Wildman–Crippen LogP) is 4.95. The Labute approximate surface area is 179 Å². The van der Waals surface area contributed by atoms with E-state index in [1.807, 2.05) is 0 Å². The molecule has 4 nitrogen and oxygen atoms in total. The Morgan fingerprint density at radius 3 is 0.968 bits per heavy atom. The van der Waals surface area contributed by atoms with Crippen LogP contribution in [0.25, 0.3) is 0 Å². The van der Waals surface area contributed by atoms with E-state index in [2.05, 4.69) is 0 Å². The molecule has 0 aliphatic heterocycles. The first-order chi connectivity index (χ1) is 15.0. The number of hydrogen-bond acceptors (Lipinski definition) is 4. The number of hydrogen-bond donors (Lipinski definition) is 0. The third-order valence-electron chi connectivity index (χ3n) is 7.30. The summed E-state index contributed by atoms with van der Waals surface area (Å²) >= 11 is 0. The van der Waals surface area contributed by atoms with Gasteiger partial charge in [-0.15, -0.1) is 0 Å². The molecule has 31 heavy (non-hydrogen) atoms. The second-order valence-electron chi connectivity index (χ2n) is 9.11. The molecule has 6 rings (SSSR count). The molecular weight excluding hydrogens is 388 g/mol. The molecule has 0 saturated carbocycles. The number of carbonyl (C=O) groups is 4. The molecule has 2 bridgehead atoms. The van der Waals surface area contributed by atoms with Crippen LogP contribution in [0.5, 0.6) is 0 Å². The molecule has 152 valence electrons. The van der Waals surface area contributed by atoms with Gasteiger partial charge in [0.05, 0.1) is 0 Å². The minimum absolute atomic E-state index is 0.0537. The molecule has 2 aromatic carbocycles. The van der Waals surface area contributed by atoms with E-state index in [1.54, 1.807) is 48.5 Å². The average molecular weight is 408 g/mol. The zero-order valence-corrected chi connectivity index (χ0v) is 16.9. The van der Waals surface area contributed by atoms with Crippen LogP contribution in [-0.2, 0) is 0 Å². The van der Waals surface area contributed by atoms with Crippen LogP contribution >= 0.6 is 0 Å². The summed E-state index contributed by atoms with van der Waals surface area (Å²) in [5, 5.41) is 0. The largest absolute Gasteiger partial charge is 0.289 e. The Hall–Kier alpha value is -3.40. The van der Waals surface area contributed by atoms with Gasteiger partial charge >= 0.3 is 0 Å². The summed E-state index contributed by atoms with van der Waals surface area (Å²) in [6, 6.07) is 14.1. The summed E-state index contributed by atoms with van der Waals surface area (Å²) in [4.78, 5) is 53.0. The molecule has 2 aromatic rings. The highest BCUT2D eigenvalue weighted by Crippen LogP contribution is 2.46. The van der Waals surface area contributed by atoms with Crippen LogP contribution in [0, 0.1) is 11.8 Å². The topological polar surface area (TPSA) is 68.3 Å². The van der Waals surface area contributed by atoms with Crippen molar-refractivity contribution in [1.29, 1.82) is 0 Å². The highest BCUT2D eigenvalue weighted by Gasteiger charge is 2.42. The molecule has 0 radical (unpaired) electrons. The zero-order valence-electron chi connectivity index (χ0n) is 16.9.